The third-order valence-corrected chi connectivity index (χ3v) is 12.9. The summed E-state index contributed by atoms with van der Waals surface area (Å²) in [6.45, 7) is 4.44. The van der Waals surface area contributed by atoms with Crippen molar-refractivity contribution in [1.29, 1.82) is 0 Å². The zero-order chi connectivity index (χ0) is 39.5. The summed E-state index contributed by atoms with van der Waals surface area (Å²) >= 11 is 1.89. The Morgan fingerprint density at radius 1 is 0.441 bits per heavy atom. The first kappa shape index (κ1) is 35.0. The van der Waals surface area contributed by atoms with Crippen LogP contribution < -0.4 is 4.90 Å². The van der Waals surface area contributed by atoms with Crippen LogP contribution in [0.2, 0.25) is 0 Å². The van der Waals surface area contributed by atoms with Gasteiger partial charge in [-0.2, -0.15) is 0 Å². The fourth-order valence-corrected chi connectivity index (χ4v) is 10.4. The Morgan fingerprint density at radius 3 is 1.80 bits per heavy atom. The fraction of sp³-hybridized carbons (Fsp3) is 0.0357. The lowest BCUT2D eigenvalue weighted by molar-refractivity contribution is 1.18. The number of hydrogen-bond acceptors (Lipinski definition) is 2. The molecule has 0 aliphatic carbocycles. The second-order valence-corrected chi connectivity index (χ2v) is 16.5. The molecular weight excluding hydrogens is 733 g/mol. The molecule has 0 atom stereocenters. The molecule has 2 nitrogen and oxygen atoms in total. The predicted octanol–water partition coefficient (Wildman–Crippen LogP) is 16.2. The van der Waals surface area contributed by atoms with Crippen molar-refractivity contribution in [2.24, 2.45) is 0 Å². The summed E-state index contributed by atoms with van der Waals surface area (Å²) in [4.78, 5) is 2.49. The van der Waals surface area contributed by atoms with Crippen LogP contribution in [0.15, 0.2) is 206 Å². The van der Waals surface area contributed by atoms with E-state index in [9.17, 15) is 0 Å². The molecule has 0 spiro atoms. The zero-order valence-electron chi connectivity index (χ0n) is 32.9. The van der Waals surface area contributed by atoms with Gasteiger partial charge in [0.2, 0.25) is 0 Å². The topological polar surface area (TPSA) is 8.17 Å². The van der Waals surface area contributed by atoms with E-state index in [2.05, 4.69) is 230 Å². The van der Waals surface area contributed by atoms with Crippen LogP contribution in [-0.4, -0.2) is 4.57 Å². The van der Waals surface area contributed by atoms with Gasteiger partial charge in [0.15, 0.2) is 0 Å². The molecule has 3 heteroatoms. The van der Waals surface area contributed by atoms with Gasteiger partial charge in [0.1, 0.15) is 0 Å². The lowest BCUT2D eigenvalue weighted by Gasteiger charge is -2.29. The molecule has 0 aliphatic rings. The quantitative estimate of drug-likeness (QED) is 0.157. The van der Waals surface area contributed by atoms with Crippen molar-refractivity contribution in [2.75, 3.05) is 4.90 Å². The number of hydrogen-bond donors (Lipinski definition) is 0. The molecule has 2 heterocycles. The highest BCUT2D eigenvalue weighted by atomic mass is 32.1. The smallest absolute Gasteiger partial charge is 0.0555 e. The number of anilines is 3. The molecule has 0 N–H and O–H groups in total. The summed E-state index contributed by atoms with van der Waals surface area (Å²) in [6, 6.07) is 75.5. The van der Waals surface area contributed by atoms with Gasteiger partial charge in [0, 0.05) is 48.0 Å². The molecule has 9 aromatic carbocycles. The number of rotatable bonds is 7. The molecule has 11 aromatic rings. The molecule has 0 bridgehead atoms. The van der Waals surface area contributed by atoms with Crippen molar-refractivity contribution in [3.8, 4) is 39.1 Å². The Hall–Kier alpha value is -7.20. The standard InChI is InChI=1S/C56H40N2S/c1-37-17-15-23-42(33-37)57(44-34-38(2)54(40-20-7-4-8-21-40)49(36-44)39-18-5-3-6-19-39)52-32-31-45(56-55(52)48-27-11-14-30-53(48)59-56)41-22-16-24-43(35-41)58-50-28-12-9-25-46(50)47-26-10-13-29-51(47)58/h3-36H,1-2H3. The normalized spacial score (nSPS) is 11.6. The molecule has 280 valence electrons. The third-order valence-electron chi connectivity index (χ3n) is 11.7. The van der Waals surface area contributed by atoms with Crippen molar-refractivity contribution >= 4 is 70.4 Å². The summed E-state index contributed by atoms with van der Waals surface area (Å²) in [5.41, 5.74) is 16.8. The minimum absolute atomic E-state index is 1.13. The average Bonchev–Trinajstić information content (AvgIpc) is 3.84. The maximum Gasteiger partial charge on any atom is 0.0555 e. The van der Waals surface area contributed by atoms with Gasteiger partial charge in [-0.15, -0.1) is 11.3 Å². The summed E-state index contributed by atoms with van der Waals surface area (Å²) in [5.74, 6) is 0. The summed E-state index contributed by atoms with van der Waals surface area (Å²) in [5, 5.41) is 5.06. The highest BCUT2D eigenvalue weighted by molar-refractivity contribution is 7.26. The number of aryl methyl sites for hydroxylation is 2. The number of aromatic nitrogens is 1. The average molecular weight is 773 g/mol. The second kappa shape index (κ2) is 14.3. The fourth-order valence-electron chi connectivity index (χ4n) is 9.16. The van der Waals surface area contributed by atoms with Crippen LogP contribution in [0.4, 0.5) is 17.1 Å². The van der Waals surface area contributed by atoms with Crippen LogP contribution in [0, 0.1) is 13.8 Å². The van der Waals surface area contributed by atoms with E-state index in [0.29, 0.717) is 0 Å². The first-order valence-corrected chi connectivity index (χ1v) is 21.1. The van der Waals surface area contributed by atoms with Crippen molar-refractivity contribution in [1.82, 2.24) is 4.57 Å². The highest BCUT2D eigenvalue weighted by Crippen LogP contribution is 2.50. The van der Waals surface area contributed by atoms with E-state index in [1.54, 1.807) is 0 Å². The Balaban J connectivity index is 1.16. The van der Waals surface area contributed by atoms with E-state index < -0.39 is 0 Å². The van der Waals surface area contributed by atoms with E-state index in [4.69, 9.17) is 0 Å². The molecule has 59 heavy (non-hydrogen) atoms. The molecule has 2 aromatic heterocycles. The summed E-state index contributed by atoms with van der Waals surface area (Å²) in [7, 11) is 0. The van der Waals surface area contributed by atoms with Gasteiger partial charge >= 0.3 is 0 Å². The van der Waals surface area contributed by atoms with E-state index >= 15 is 0 Å². The van der Waals surface area contributed by atoms with Crippen LogP contribution in [-0.2, 0) is 0 Å². The Labute approximate surface area is 348 Å². The number of thiophene rings is 1. The van der Waals surface area contributed by atoms with Gasteiger partial charge in [-0.25, -0.2) is 0 Å². The monoisotopic (exact) mass is 772 g/mol. The first-order valence-electron chi connectivity index (χ1n) is 20.3. The van der Waals surface area contributed by atoms with Crippen LogP contribution >= 0.6 is 11.3 Å². The maximum absolute atomic E-state index is 2.49. The minimum atomic E-state index is 1.13. The minimum Gasteiger partial charge on any atom is -0.310 e. The lowest BCUT2D eigenvalue weighted by atomic mass is 9.90. The Kier molecular flexibility index (Phi) is 8.49. The number of benzene rings is 9. The van der Waals surface area contributed by atoms with Crippen LogP contribution in [0.1, 0.15) is 11.1 Å². The third kappa shape index (κ3) is 5.93. The van der Waals surface area contributed by atoms with Gasteiger partial charge in [-0.1, -0.05) is 146 Å². The van der Waals surface area contributed by atoms with Crippen molar-refractivity contribution in [3.63, 3.8) is 0 Å². The largest absolute Gasteiger partial charge is 0.310 e. The van der Waals surface area contributed by atoms with Crippen molar-refractivity contribution < 1.29 is 0 Å². The van der Waals surface area contributed by atoms with Gasteiger partial charge < -0.3 is 9.47 Å². The van der Waals surface area contributed by atoms with Crippen molar-refractivity contribution in [2.45, 2.75) is 13.8 Å². The molecular formula is C56H40N2S. The van der Waals surface area contributed by atoms with E-state index in [-0.39, 0.29) is 0 Å². The van der Waals surface area contributed by atoms with Crippen LogP contribution in [0.3, 0.4) is 0 Å². The van der Waals surface area contributed by atoms with E-state index in [1.165, 1.54) is 86.5 Å². The molecule has 0 saturated carbocycles. The first-order chi connectivity index (χ1) is 29.1. The van der Waals surface area contributed by atoms with Gasteiger partial charge in [0.05, 0.1) is 16.7 Å². The van der Waals surface area contributed by atoms with Crippen molar-refractivity contribution in [3.05, 3.63) is 217 Å². The van der Waals surface area contributed by atoms with E-state index in [0.717, 1.165) is 22.7 Å². The molecule has 0 aliphatic heterocycles. The molecule has 0 amide bonds. The molecule has 0 fully saturated rings. The molecule has 0 saturated heterocycles. The van der Waals surface area contributed by atoms with Crippen LogP contribution in [0.5, 0.6) is 0 Å². The zero-order valence-corrected chi connectivity index (χ0v) is 33.7. The number of nitrogens with zero attached hydrogens (tertiary/aromatic N) is 2. The second-order valence-electron chi connectivity index (χ2n) is 15.4. The predicted molar refractivity (Wildman–Crippen MR) is 254 cm³/mol. The molecule has 11 rings (SSSR count). The van der Waals surface area contributed by atoms with Crippen LogP contribution in [0.25, 0.3) is 81.0 Å². The number of fused-ring (bicyclic) bond motifs is 6. The summed E-state index contributed by atoms with van der Waals surface area (Å²) in [6.07, 6.45) is 0. The Bertz CT molecular complexity index is 3300. The van der Waals surface area contributed by atoms with E-state index in [1.807, 2.05) is 11.3 Å². The lowest BCUT2D eigenvalue weighted by Crippen LogP contribution is -2.11. The highest BCUT2D eigenvalue weighted by Gasteiger charge is 2.24. The van der Waals surface area contributed by atoms with Gasteiger partial charge in [-0.05, 0) is 119 Å². The molecule has 0 unspecified atom stereocenters. The number of para-hydroxylation sites is 2. The molecule has 0 radical (unpaired) electrons. The summed E-state index contributed by atoms with van der Waals surface area (Å²) < 4.78 is 4.97. The van der Waals surface area contributed by atoms with Gasteiger partial charge in [-0.3, -0.25) is 0 Å². The Morgan fingerprint density at radius 2 is 1.07 bits per heavy atom. The SMILES string of the molecule is Cc1cccc(N(c2cc(C)c(-c3ccccc3)c(-c3ccccc3)c2)c2ccc(-c3cccc(-n4c5ccccc5c5ccccc54)c3)c3sc4ccccc4c23)c1. The van der Waals surface area contributed by atoms with Gasteiger partial charge in [0.25, 0.3) is 0 Å². The maximum atomic E-state index is 2.49.